The van der Waals surface area contributed by atoms with Gasteiger partial charge >= 0.3 is 0 Å². The Kier molecular flexibility index (Phi) is 6.05. The lowest BCUT2D eigenvalue weighted by Gasteiger charge is -2.27. The second kappa shape index (κ2) is 8.03. The molecule has 0 aliphatic heterocycles. The molecule has 116 valence electrons. The van der Waals surface area contributed by atoms with Crippen molar-refractivity contribution in [2.45, 2.75) is 38.5 Å². The number of hydrogen-bond donors (Lipinski definition) is 3. The van der Waals surface area contributed by atoms with E-state index in [2.05, 4.69) is 17.4 Å². The number of nitrogens with one attached hydrogen (secondary N) is 1. The van der Waals surface area contributed by atoms with Gasteiger partial charge in [0.1, 0.15) is 5.84 Å². The summed E-state index contributed by atoms with van der Waals surface area (Å²) in [6.45, 7) is 4.08. The minimum atomic E-state index is -0.0720. The molecule has 4 N–H and O–H groups in total. The maximum absolute atomic E-state index is 8.98. The van der Waals surface area contributed by atoms with Crippen LogP contribution in [0.2, 0.25) is 0 Å². The fourth-order valence-electron chi connectivity index (χ4n) is 3.33. The Morgan fingerprint density at radius 1 is 1.38 bits per heavy atom. The number of nitrogens with two attached hydrogens (primary N) is 1. The Labute approximate surface area is 127 Å². The molecule has 1 saturated carbocycles. The van der Waals surface area contributed by atoms with Gasteiger partial charge in [-0.3, -0.25) is 0 Å². The van der Waals surface area contributed by atoms with Crippen molar-refractivity contribution in [3.8, 4) is 0 Å². The van der Waals surface area contributed by atoms with E-state index in [4.69, 9.17) is 10.9 Å². The van der Waals surface area contributed by atoms with E-state index < -0.39 is 0 Å². The van der Waals surface area contributed by atoms with E-state index in [1.807, 2.05) is 30.3 Å². The second-order valence-electron chi connectivity index (χ2n) is 6.28. The molecule has 1 aliphatic rings. The molecule has 1 aromatic rings. The predicted molar refractivity (Wildman–Crippen MR) is 86.6 cm³/mol. The molecule has 0 spiro atoms. The van der Waals surface area contributed by atoms with Crippen molar-refractivity contribution in [1.29, 1.82) is 0 Å². The van der Waals surface area contributed by atoms with Crippen LogP contribution in [0.25, 0.3) is 0 Å². The predicted octanol–water partition coefficient (Wildman–Crippen LogP) is 2.93. The highest BCUT2D eigenvalue weighted by Crippen LogP contribution is 2.28. The maximum Gasteiger partial charge on any atom is 0.147 e. The zero-order valence-electron chi connectivity index (χ0n) is 12.8. The smallest absolute Gasteiger partial charge is 0.147 e. The van der Waals surface area contributed by atoms with Crippen LogP contribution < -0.4 is 11.1 Å². The van der Waals surface area contributed by atoms with Crippen molar-refractivity contribution in [2.24, 2.45) is 22.7 Å². The van der Waals surface area contributed by atoms with Gasteiger partial charge in [-0.1, -0.05) is 55.3 Å². The Morgan fingerprint density at radius 2 is 2.14 bits per heavy atom. The van der Waals surface area contributed by atoms with Gasteiger partial charge in [-0.2, -0.15) is 0 Å². The Morgan fingerprint density at radius 3 is 2.81 bits per heavy atom. The molecule has 0 radical (unpaired) electrons. The molecule has 21 heavy (non-hydrogen) atoms. The first-order valence-electron chi connectivity index (χ1n) is 7.93. The van der Waals surface area contributed by atoms with Crippen molar-refractivity contribution in [1.82, 2.24) is 5.32 Å². The van der Waals surface area contributed by atoms with Crippen molar-refractivity contribution in [3.63, 3.8) is 0 Å². The van der Waals surface area contributed by atoms with Crippen LogP contribution in [0.15, 0.2) is 35.5 Å². The molecule has 0 bridgehead atoms. The number of benzene rings is 1. The van der Waals surface area contributed by atoms with Gasteiger partial charge in [0.2, 0.25) is 0 Å². The molecule has 0 saturated heterocycles. The van der Waals surface area contributed by atoms with E-state index in [1.54, 1.807) is 0 Å². The lowest BCUT2D eigenvalue weighted by molar-refractivity contribution is 0.274. The topological polar surface area (TPSA) is 70.6 Å². The third-order valence-corrected chi connectivity index (χ3v) is 4.50. The van der Waals surface area contributed by atoms with E-state index in [1.165, 1.54) is 25.7 Å². The van der Waals surface area contributed by atoms with E-state index in [-0.39, 0.29) is 11.8 Å². The fourth-order valence-corrected chi connectivity index (χ4v) is 3.33. The minimum Gasteiger partial charge on any atom is -0.409 e. The molecule has 0 heterocycles. The summed E-state index contributed by atoms with van der Waals surface area (Å²) in [5.41, 5.74) is 6.93. The molecular weight excluding hydrogens is 262 g/mol. The van der Waals surface area contributed by atoms with Gasteiger partial charge in [0.25, 0.3) is 0 Å². The van der Waals surface area contributed by atoms with E-state index in [9.17, 15) is 0 Å². The molecule has 3 atom stereocenters. The molecule has 1 aliphatic carbocycles. The van der Waals surface area contributed by atoms with Crippen LogP contribution in [-0.4, -0.2) is 24.1 Å². The zero-order chi connectivity index (χ0) is 15.1. The number of hydrogen-bond acceptors (Lipinski definition) is 3. The van der Waals surface area contributed by atoms with Gasteiger partial charge in [0, 0.05) is 6.54 Å². The molecule has 1 aromatic carbocycles. The molecule has 0 aromatic heterocycles. The summed E-state index contributed by atoms with van der Waals surface area (Å²) in [6, 6.07) is 9.98. The average molecular weight is 289 g/mol. The van der Waals surface area contributed by atoms with Crippen LogP contribution in [-0.2, 0) is 0 Å². The first kappa shape index (κ1) is 15.8. The summed E-state index contributed by atoms with van der Waals surface area (Å²) in [4.78, 5) is 0. The van der Waals surface area contributed by atoms with Crippen molar-refractivity contribution >= 4 is 5.84 Å². The highest BCUT2D eigenvalue weighted by Gasteiger charge is 2.20. The number of amidine groups is 1. The van der Waals surface area contributed by atoms with E-state index >= 15 is 0 Å². The molecule has 4 nitrogen and oxygen atoms in total. The molecule has 0 amide bonds. The highest BCUT2D eigenvalue weighted by atomic mass is 16.4. The van der Waals surface area contributed by atoms with Gasteiger partial charge < -0.3 is 16.3 Å². The van der Waals surface area contributed by atoms with Gasteiger partial charge in [-0.25, -0.2) is 0 Å². The van der Waals surface area contributed by atoms with Crippen LogP contribution in [0.1, 0.15) is 44.1 Å². The average Bonchev–Trinajstić information content (AvgIpc) is 2.52. The lowest BCUT2D eigenvalue weighted by Crippen LogP contribution is -2.35. The summed E-state index contributed by atoms with van der Waals surface area (Å²) in [5, 5.41) is 15.7. The van der Waals surface area contributed by atoms with Gasteiger partial charge in [0.05, 0.1) is 5.92 Å². The minimum absolute atomic E-state index is 0.0720. The van der Waals surface area contributed by atoms with Gasteiger partial charge in [-0.15, -0.1) is 0 Å². The van der Waals surface area contributed by atoms with Gasteiger partial charge in [0.15, 0.2) is 0 Å². The molecule has 4 heteroatoms. The van der Waals surface area contributed by atoms with Crippen molar-refractivity contribution in [2.75, 3.05) is 13.1 Å². The van der Waals surface area contributed by atoms with Crippen molar-refractivity contribution < 1.29 is 5.21 Å². The summed E-state index contributed by atoms with van der Waals surface area (Å²) in [5.74, 6) is 1.81. The summed E-state index contributed by atoms with van der Waals surface area (Å²) < 4.78 is 0. The molecule has 1 fully saturated rings. The first-order chi connectivity index (χ1) is 10.2. The lowest BCUT2D eigenvalue weighted by atomic mass is 9.82. The van der Waals surface area contributed by atoms with Crippen LogP contribution >= 0.6 is 0 Å². The third-order valence-electron chi connectivity index (χ3n) is 4.50. The third kappa shape index (κ3) is 4.74. The Hall–Kier alpha value is -1.55. The Balaban J connectivity index is 1.88. The first-order valence-corrected chi connectivity index (χ1v) is 7.93. The zero-order valence-corrected chi connectivity index (χ0v) is 12.8. The second-order valence-corrected chi connectivity index (χ2v) is 6.28. The quantitative estimate of drug-likeness (QED) is 0.326. The largest absolute Gasteiger partial charge is 0.409 e. The normalized spacial score (nSPS) is 24.7. The van der Waals surface area contributed by atoms with E-state index in [0.29, 0.717) is 6.54 Å². The van der Waals surface area contributed by atoms with Crippen LogP contribution in [0.5, 0.6) is 0 Å². The van der Waals surface area contributed by atoms with Crippen LogP contribution in [0.3, 0.4) is 0 Å². The summed E-state index contributed by atoms with van der Waals surface area (Å²) >= 11 is 0. The standard InChI is InChI=1S/C17H27N3O/c1-13-6-5-7-14(10-13)11-19-12-16(17(18)20-21)15-8-3-2-4-9-15/h2-4,8-9,13-14,16,19,21H,5-7,10-12H2,1H3,(H2,18,20). The summed E-state index contributed by atoms with van der Waals surface area (Å²) in [6.07, 6.45) is 5.34. The number of rotatable bonds is 6. The van der Waals surface area contributed by atoms with Crippen molar-refractivity contribution in [3.05, 3.63) is 35.9 Å². The Bertz CT molecular complexity index is 447. The number of nitrogens with zero attached hydrogens (tertiary/aromatic N) is 1. The molecule has 3 unspecified atom stereocenters. The van der Waals surface area contributed by atoms with Crippen LogP contribution in [0, 0.1) is 11.8 Å². The van der Waals surface area contributed by atoms with E-state index in [0.717, 1.165) is 23.9 Å². The highest BCUT2D eigenvalue weighted by molar-refractivity contribution is 5.87. The fraction of sp³-hybridized carbons (Fsp3) is 0.588. The maximum atomic E-state index is 8.98. The summed E-state index contributed by atoms with van der Waals surface area (Å²) in [7, 11) is 0. The molecule has 2 rings (SSSR count). The van der Waals surface area contributed by atoms with Crippen LogP contribution in [0.4, 0.5) is 0 Å². The number of oxime groups is 1. The SMILES string of the molecule is CC1CCCC(CNCC(/C(N)=N/O)c2ccccc2)C1. The molecular formula is C17H27N3O. The monoisotopic (exact) mass is 289 g/mol. The van der Waals surface area contributed by atoms with Gasteiger partial charge in [-0.05, 0) is 36.8 Å².